The number of hydrogen-bond donors (Lipinski definition) is 1. The third kappa shape index (κ3) is 4.75. The number of ether oxygens (including phenoxy) is 1. The van der Waals surface area contributed by atoms with Crippen LogP contribution in [0.4, 0.5) is 0 Å². The second-order valence-corrected chi connectivity index (χ2v) is 9.74. The van der Waals surface area contributed by atoms with E-state index in [-0.39, 0.29) is 5.03 Å². The molecule has 1 saturated carbocycles. The maximum atomic E-state index is 11.6. The van der Waals surface area contributed by atoms with Crippen molar-refractivity contribution in [3.63, 3.8) is 0 Å². The molecule has 0 bridgehead atoms. The number of hydrogen-bond acceptors (Lipinski definition) is 6. The van der Waals surface area contributed by atoms with Crippen molar-refractivity contribution < 1.29 is 13.2 Å². The van der Waals surface area contributed by atoms with Crippen molar-refractivity contribution in [3.05, 3.63) is 17.8 Å². The number of sulfone groups is 1. The van der Waals surface area contributed by atoms with E-state index in [4.69, 9.17) is 4.74 Å². The molecule has 0 spiro atoms. The Bertz CT molecular complexity index is 715. The predicted molar refractivity (Wildman–Crippen MR) is 102 cm³/mol. The van der Waals surface area contributed by atoms with E-state index < -0.39 is 9.84 Å². The first kappa shape index (κ1) is 19.6. The van der Waals surface area contributed by atoms with E-state index in [1.165, 1.54) is 38.0 Å². The van der Waals surface area contributed by atoms with Crippen LogP contribution in [0.2, 0.25) is 0 Å². The molecule has 1 aromatic rings. The zero-order chi connectivity index (χ0) is 18.7. The number of nitrogens with one attached hydrogen (secondary N) is 1. The minimum atomic E-state index is -3.27. The van der Waals surface area contributed by atoms with Gasteiger partial charge in [-0.1, -0.05) is 0 Å². The van der Waals surface area contributed by atoms with Gasteiger partial charge in [0, 0.05) is 38.0 Å². The molecule has 0 amide bonds. The summed E-state index contributed by atoms with van der Waals surface area (Å²) in [4.78, 5) is 6.84. The minimum absolute atomic E-state index is 0.105. The van der Waals surface area contributed by atoms with Crippen LogP contribution in [0.3, 0.4) is 0 Å². The normalized spacial score (nSPS) is 28.0. The van der Waals surface area contributed by atoms with Gasteiger partial charge in [-0.3, -0.25) is 4.90 Å². The van der Waals surface area contributed by atoms with Crippen LogP contribution in [0.1, 0.15) is 38.3 Å². The summed E-state index contributed by atoms with van der Waals surface area (Å²) in [6.45, 7) is 8.15. The SMILES string of the molecule is Cc1nc(S(C)(=O)=O)ccc1OCC1CCC(N2CCNCC2C)CC1. The standard InChI is InChI=1S/C19H31N3O3S/c1-14-12-20-10-11-22(14)17-6-4-16(5-7-17)13-25-18-8-9-19(21-15(18)2)26(3,23)24/h8-9,14,16-17,20H,4-7,10-13H2,1-3H3. The Labute approximate surface area is 157 Å². The highest BCUT2D eigenvalue weighted by Crippen LogP contribution is 2.30. The first-order valence-electron chi connectivity index (χ1n) is 9.61. The topological polar surface area (TPSA) is 71.5 Å². The van der Waals surface area contributed by atoms with E-state index in [1.807, 2.05) is 0 Å². The molecule has 1 N–H and O–H groups in total. The van der Waals surface area contributed by atoms with E-state index in [1.54, 1.807) is 13.0 Å². The monoisotopic (exact) mass is 381 g/mol. The average Bonchev–Trinajstić information content (AvgIpc) is 2.61. The number of rotatable bonds is 5. The zero-order valence-electron chi connectivity index (χ0n) is 16.1. The van der Waals surface area contributed by atoms with Gasteiger partial charge in [0.1, 0.15) is 5.75 Å². The van der Waals surface area contributed by atoms with E-state index in [9.17, 15) is 8.42 Å². The molecular weight excluding hydrogens is 350 g/mol. The molecule has 6 nitrogen and oxygen atoms in total. The highest BCUT2D eigenvalue weighted by molar-refractivity contribution is 7.90. The van der Waals surface area contributed by atoms with Crippen molar-refractivity contribution in [2.24, 2.45) is 5.92 Å². The third-order valence-corrected chi connectivity index (χ3v) is 6.69. The van der Waals surface area contributed by atoms with Gasteiger partial charge >= 0.3 is 0 Å². The number of aryl methyl sites for hydroxylation is 1. The quantitative estimate of drug-likeness (QED) is 0.841. The fraction of sp³-hybridized carbons (Fsp3) is 0.737. The molecule has 1 unspecified atom stereocenters. The van der Waals surface area contributed by atoms with Crippen molar-refractivity contribution in [1.29, 1.82) is 0 Å². The Morgan fingerprint density at radius 2 is 2.00 bits per heavy atom. The molecule has 2 fully saturated rings. The van der Waals surface area contributed by atoms with Crippen molar-refractivity contribution in [1.82, 2.24) is 15.2 Å². The van der Waals surface area contributed by atoms with E-state index in [0.717, 1.165) is 19.6 Å². The van der Waals surface area contributed by atoms with Crippen LogP contribution in [0, 0.1) is 12.8 Å². The third-order valence-electron chi connectivity index (χ3n) is 5.70. The molecular formula is C19H31N3O3S. The van der Waals surface area contributed by atoms with Crippen LogP contribution in [0.5, 0.6) is 5.75 Å². The lowest BCUT2D eigenvalue weighted by Gasteiger charge is -2.43. The van der Waals surface area contributed by atoms with E-state index >= 15 is 0 Å². The Morgan fingerprint density at radius 1 is 1.27 bits per heavy atom. The van der Waals surface area contributed by atoms with Crippen LogP contribution in [-0.2, 0) is 9.84 Å². The first-order chi connectivity index (χ1) is 12.3. The summed E-state index contributed by atoms with van der Waals surface area (Å²) in [6, 6.07) is 4.59. The highest BCUT2D eigenvalue weighted by Gasteiger charge is 2.30. The summed E-state index contributed by atoms with van der Waals surface area (Å²) in [6.07, 6.45) is 6.03. The van der Waals surface area contributed by atoms with E-state index in [0.29, 0.717) is 36.1 Å². The van der Waals surface area contributed by atoms with Gasteiger partial charge in [-0.25, -0.2) is 13.4 Å². The minimum Gasteiger partial charge on any atom is -0.491 e. The van der Waals surface area contributed by atoms with Crippen LogP contribution < -0.4 is 10.1 Å². The molecule has 0 radical (unpaired) electrons. The smallest absolute Gasteiger partial charge is 0.192 e. The van der Waals surface area contributed by atoms with Gasteiger partial charge < -0.3 is 10.1 Å². The Balaban J connectivity index is 1.49. The molecule has 146 valence electrons. The van der Waals surface area contributed by atoms with Crippen LogP contribution >= 0.6 is 0 Å². The lowest BCUT2D eigenvalue weighted by atomic mass is 9.85. The predicted octanol–water partition coefficient (Wildman–Crippen LogP) is 2.02. The van der Waals surface area contributed by atoms with Crippen molar-refractivity contribution >= 4 is 9.84 Å². The molecule has 3 rings (SSSR count). The molecule has 2 heterocycles. The molecule has 0 aromatic carbocycles. The Morgan fingerprint density at radius 3 is 2.62 bits per heavy atom. The summed E-state index contributed by atoms with van der Waals surface area (Å²) in [5.41, 5.74) is 0.635. The summed E-state index contributed by atoms with van der Waals surface area (Å²) in [7, 11) is -3.27. The highest BCUT2D eigenvalue weighted by atomic mass is 32.2. The maximum Gasteiger partial charge on any atom is 0.192 e. The van der Waals surface area contributed by atoms with Gasteiger partial charge in [-0.05, 0) is 57.6 Å². The molecule has 1 saturated heterocycles. The molecule has 1 aromatic heterocycles. The largest absolute Gasteiger partial charge is 0.491 e. The molecule has 1 atom stereocenters. The van der Waals surface area contributed by atoms with Crippen molar-refractivity contribution in [2.75, 3.05) is 32.5 Å². The lowest BCUT2D eigenvalue weighted by molar-refractivity contribution is 0.0708. The van der Waals surface area contributed by atoms with Crippen molar-refractivity contribution in [3.8, 4) is 5.75 Å². The van der Waals surface area contributed by atoms with Gasteiger partial charge in [-0.2, -0.15) is 0 Å². The van der Waals surface area contributed by atoms with Gasteiger partial charge in [0.05, 0.1) is 12.3 Å². The van der Waals surface area contributed by atoms with Gasteiger partial charge in [0.15, 0.2) is 14.9 Å². The van der Waals surface area contributed by atoms with Crippen molar-refractivity contribution in [2.45, 2.75) is 56.6 Å². The van der Waals surface area contributed by atoms with Crippen LogP contribution in [-0.4, -0.2) is 62.9 Å². The summed E-state index contributed by atoms with van der Waals surface area (Å²) in [5, 5.41) is 3.57. The second-order valence-electron chi connectivity index (χ2n) is 7.78. The zero-order valence-corrected chi connectivity index (χ0v) is 16.9. The fourth-order valence-corrected chi connectivity index (χ4v) is 4.75. The summed E-state index contributed by atoms with van der Waals surface area (Å²) in [5.74, 6) is 1.26. The summed E-state index contributed by atoms with van der Waals surface area (Å²) < 4.78 is 29.1. The molecule has 7 heteroatoms. The maximum absolute atomic E-state index is 11.6. The lowest BCUT2D eigenvalue weighted by Crippen LogP contribution is -2.54. The number of piperazine rings is 1. The van der Waals surface area contributed by atoms with Gasteiger partial charge in [-0.15, -0.1) is 0 Å². The molecule has 1 aliphatic carbocycles. The molecule has 2 aliphatic rings. The first-order valence-corrected chi connectivity index (χ1v) is 11.5. The number of nitrogens with zero attached hydrogens (tertiary/aromatic N) is 2. The van der Waals surface area contributed by atoms with Crippen LogP contribution in [0.15, 0.2) is 17.2 Å². The number of pyridine rings is 1. The Kier molecular flexibility index (Phi) is 6.20. The number of aromatic nitrogens is 1. The van der Waals surface area contributed by atoms with Crippen LogP contribution in [0.25, 0.3) is 0 Å². The molecule has 1 aliphatic heterocycles. The van der Waals surface area contributed by atoms with Gasteiger partial charge in [0.25, 0.3) is 0 Å². The Hall–Kier alpha value is -1.18. The second kappa shape index (κ2) is 8.23. The molecule has 26 heavy (non-hydrogen) atoms. The summed E-state index contributed by atoms with van der Waals surface area (Å²) >= 11 is 0. The van der Waals surface area contributed by atoms with Gasteiger partial charge in [0.2, 0.25) is 0 Å². The average molecular weight is 382 g/mol. The fourth-order valence-electron chi connectivity index (χ4n) is 4.13. The van der Waals surface area contributed by atoms with E-state index in [2.05, 4.69) is 22.1 Å².